The highest BCUT2D eigenvalue weighted by molar-refractivity contribution is 5.39. The van der Waals surface area contributed by atoms with Gasteiger partial charge in [0.05, 0.1) is 0 Å². The van der Waals surface area contributed by atoms with Gasteiger partial charge in [0, 0.05) is 12.6 Å². The van der Waals surface area contributed by atoms with Gasteiger partial charge in [0.25, 0.3) is 0 Å². The Balaban J connectivity index is 1.82. The molecule has 1 saturated carbocycles. The first kappa shape index (κ1) is 16.3. The van der Waals surface area contributed by atoms with Crippen LogP contribution in [0.4, 0.5) is 0 Å². The van der Waals surface area contributed by atoms with E-state index in [1.54, 1.807) is 0 Å². The summed E-state index contributed by atoms with van der Waals surface area (Å²) in [5, 5.41) is 13.5. The van der Waals surface area contributed by atoms with Gasteiger partial charge in [0.15, 0.2) is 0 Å². The van der Waals surface area contributed by atoms with E-state index in [2.05, 4.69) is 44.3 Å². The van der Waals surface area contributed by atoms with E-state index >= 15 is 0 Å². The molecule has 0 heterocycles. The van der Waals surface area contributed by atoms with Crippen LogP contribution in [0.15, 0.2) is 18.2 Å². The van der Waals surface area contributed by atoms with Crippen LogP contribution >= 0.6 is 0 Å². The van der Waals surface area contributed by atoms with Crippen LogP contribution in [0.25, 0.3) is 0 Å². The molecule has 0 amide bonds. The lowest BCUT2D eigenvalue weighted by Crippen LogP contribution is -2.36. The Hall–Kier alpha value is -1.06. The van der Waals surface area contributed by atoms with Gasteiger partial charge in [0.2, 0.25) is 0 Å². The van der Waals surface area contributed by atoms with Gasteiger partial charge in [0.1, 0.15) is 18.5 Å². The van der Waals surface area contributed by atoms with Crippen molar-refractivity contribution in [2.75, 3.05) is 13.2 Å². The molecule has 2 rings (SSSR count). The number of ether oxygens (including phenoxy) is 1. The summed E-state index contributed by atoms with van der Waals surface area (Å²) in [5.74, 6) is 1.33. The first-order valence-corrected chi connectivity index (χ1v) is 8.21. The Morgan fingerprint density at radius 1 is 1.29 bits per heavy atom. The molecular weight excluding hydrogens is 262 g/mol. The number of hydrogen-bond acceptors (Lipinski definition) is 3. The van der Waals surface area contributed by atoms with Crippen molar-refractivity contribution in [2.45, 2.75) is 64.5 Å². The lowest BCUT2D eigenvalue weighted by atomic mass is 10.0. The quantitative estimate of drug-likeness (QED) is 0.809. The minimum Gasteiger partial charge on any atom is -0.491 e. The van der Waals surface area contributed by atoms with Crippen LogP contribution in [-0.2, 0) is 0 Å². The molecule has 0 spiro atoms. The molecule has 3 heteroatoms. The molecule has 21 heavy (non-hydrogen) atoms. The molecule has 0 radical (unpaired) electrons. The van der Waals surface area contributed by atoms with Gasteiger partial charge < -0.3 is 15.2 Å². The molecule has 0 bridgehead atoms. The fourth-order valence-electron chi connectivity index (χ4n) is 2.92. The van der Waals surface area contributed by atoms with Gasteiger partial charge in [-0.25, -0.2) is 0 Å². The lowest BCUT2D eigenvalue weighted by Gasteiger charge is -2.19. The van der Waals surface area contributed by atoms with Gasteiger partial charge in [-0.1, -0.05) is 38.8 Å². The minimum absolute atomic E-state index is 0.350. The molecule has 0 aliphatic heterocycles. The van der Waals surface area contributed by atoms with Crippen LogP contribution in [0, 0.1) is 6.92 Å². The van der Waals surface area contributed by atoms with Crippen molar-refractivity contribution >= 4 is 0 Å². The first-order chi connectivity index (χ1) is 10.1. The Labute approximate surface area is 128 Å². The van der Waals surface area contributed by atoms with E-state index in [0.29, 0.717) is 25.1 Å². The van der Waals surface area contributed by atoms with E-state index in [0.717, 1.165) is 5.75 Å². The summed E-state index contributed by atoms with van der Waals surface area (Å²) in [6, 6.07) is 6.88. The third-order valence-electron chi connectivity index (χ3n) is 4.22. The average molecular weight is 291 g/mol. The third-order valence-corrected chi connectivity index (χ3v) is 4.22. The van der Waals surface area contributed by atoms with Crippen molar-refractivity contribution in [2.24, 2.45) is 0 Å². The molecule has 1 aromatic carbocycles. The van der Waals surface area contributed by atoms with Gasteiger partial charge in [-0.15, -0.1) is 0 Å². The number of aryl methyl sites for hydroxylation is 1. The van der Waals surface area contributed by atoms with Crippen molar-refractivity contribution in [3.63, 3.8) is 0 Å². The maximum Gasteiger partial charge on any atom is 0.123 e. The number of nitrogens with one attached hydrogen (secondary N) is 1. The minimum atomic E-state index is -0.453. The summed E-state index contributed by atoms with van der Waals surface area (Å²) >= 11 is 0. The fourth-order valence-corrected chi connectivity index (χ4v) is 2.92. The van der Waals surface area contributed by atoms with Gasteiger partial charge in [-0.05, 0) is 42.9 Å². The Bertz CT molecular complexity index is 439. The molecule has 1 fully saturated rings. The molecular formula is C18H29NO2. The van der Waals surface area contributed by atoms with Crippen LogP contribution in [-0.4, -0.2) is 30.4 Å². The van der Waals surface area contributed by atoms with Gasteiger partial charge >= 0.3 is 0 Å². The molecule has 118 valence electrons. The maximum atomic E-state index is 10.1. The largest absolute Gasteiger partial charge is 0.491 e. The van der Waals surface area contributed by atoms with Crippen molar-refractivity contribution in [1.29, 1.82) is 0 Å². The summed E-state index contributed by atoms with van der Waals surface area (Å²) < 4.78 is 5.87. The standard InChI is InChI=1S/C18H29NO2/c1-13(2)17-9-8-14(3)10-18(17)21-12-16(20)11-19-15-6-4-5-7-15/h8-10,13,15-16,19-20H,4-7,11-12H2,1-3H3/t16-/m1/s1. The zero-order chi connectivity index (χ0) is 15.2. The fraction of sp³-hybridized carbons (Fsp3) is 0.667. The Morgan fingerprint density at radius 3 is 2.67 bits per heavy atom. The molecule has 0 aromatic heterocycles. The number of hydrogen-bond donors (Lipinski definition) is 2. The summed E-state index contributed by atoms with van der Waals surface area (Å²) in [6.07, 6.45) is 4.65. The zero-order valence-corrected chi connectivity index (χ0v) is 13.6. The summed E-state index contributed by atoms with van der Waals surface area (Å²) in [6.45, 7) is 7.36. The number of rotatable bonds is 7. The number of aliphatic hydroxyl groups excluding tert-OH is 1. The highest BCUT2D eigenvalue weighted by atomic mass is 16.5. The molecule has 0 unspecified atom stereocenters. The number of benzene rings is 1. The van der Waals surface area contributed by atoms with Crippen LogP contribution in [0.2, 0.25) is 0 Å². The van der Waals surface area contributed by atoms with E-state index in [-0.39, 0.29) is 0 Å². The second-order valence-corrected chi connectivity index (χ2v) is 6.55. The van der Waals surface area contributed by atoms with Gasteiger partial charge in [-0.3, -0.25) is 0 Å². The van der Waals surface area contributed by atoms with Crippen LogP contribution in [0.5, 0.6) is 5.75 Å². The summed E-state index contributed by atoms with van der Waals surface area (Å²) in [4.78, 5) is 0. The predicted octanol–water partition coefficient (Wildman–Crippen LogP) is 3.39. The second kappa shape index (κ2) is 7.81. The van der Waals surface area contributed by atoms with E-state index in [9.17, 15) is 5.11 Å². The van der Waals surface area contributed by atoms with Crippen molar-refractivity contribution < 1.29 is 9.84 Å². The highest BCUT2D eigenvalue weighted by Gasteiger charge is 2.16. The molecule has 3 nitrogen and oxygen atoms in total. The highest BCUT2D eigenvalue weighted by Crippen LogP contribution is 2.27. The SMILES string of the molecule is Cc1ccc(C(C)C)c(OC[C@H](O)CNC2CCCC2)c1. The number of aliphatic hydroxyl groups is 1. The monoisotopic (exact) mass is 291 g/mol. The van der Waals surface area contributed by atoms with Crippen molar-refractivity contribution in [3.05, 3.63) is 29.3 Å². The average Bonchev–Trinajstić information content (AvgIpc) is 2.96. The van der Waals surface area contributed by atoms with Crippen LogP contribution in [0.3, 0.4) is 0 Å². The molecule has 1 aromatic rings. The molecule has 2 N–H and O–H groups in total. The van der Waals surface area contributed by atoms with E-state index in [1.807, 2.05) is 0 Å². The van der Waals surface area contributed by atoms with E-state index in [1.165, 1.54) is 36.8 Å². The maximum absolute atomic E-state index is 10.1. The van der Waals surface area contributed by atoms with Crippen LogP contribution < -0.4 is 10.1 Å². The Morgan fingerprint density at radius 2 is 2.00 bits per heavy atom. The normalized spacial score (nSPS) is 17.4. The second-order valence-electron chi connectivity index (χ2n) is 6.55. The van der Waals surface area contributed by atoms with Crippen LogP contribution in [0.1, 0.15) is 56.6 Å². The smallest absolute Gasteiger partial charge is 0.123 e. The predicted molar refractivity (Wildman–Crippen MR) is 87.0 cm³/mol. The lowest BCUT2D eigenvalue weighted by molar-refractivity contribution is 0.103. The van der Waals surface area contributed by atoms with Crippen molar-refractivity contribution in [1.82, 2.24) is 5.32 Å². The molecule has 1 aliphatic rings. The first-order valence-electron chi connectivity index (χ1n) is 8.21. The molecule has 1 aliphatic carbocycles. The topological polar surface area (TPSA) is 41.5 Å². The van der Waals surface area contributed by atoms with E-state index < -0.39 is 6.10 Å². The molecule has 0 saturated heterocycles. The molecule has 1 atom stereocenters. The van der Waals surface area contributed by atoms with Gasteiger partial charge in [-0.2, -0.15) is 0 Å². The summed E-state index contributed by atoms with van der Waals surface area (Å²) in [7, 11) is 0. The van der Waals surface area contributed by atoms with E-state index in [4.69, 9.17) is 4.74 Å². The third kappa shape index (κ3) is 5.01. The summed E-state index contributed by atoms with van der Waals surface area (Å²) in [5.41, 5.74) is 2.39. The Kier molecular flexibility index (Phi) is 6.07. The van der Waals surface area contributed by atoms with Crippen molar-refractivity contribution in [3.8, 4) is 5.75 Å². The zero-order valence-electron chi connectivity index (χ0n) is 13.6.